The minimum absolute atomic E-state index is 0.397. The van der Waals surface area contributed by atoms with E-state index in [0.717, 1.165) is 39.0 Å². The van der Waals surface area contributed by atoms with Gasteiger partial charge in [-0.1, -0.05) is 115 Å². The van der Waals surface area contributed by atoms with Crippen LogP contribution in [0.3, 0.4) is 0 Å². The zero-order valence-corrected chi connectivity index (χ0v) is 31.0. The van der Waals surface area contributed by atoms with Gasteiger partial charge in [0.05, 0.1) is 11.1 Å². The van der Waals surface area contributed by atoms with E-state index in [1.807, 2.05) is 22.7 Å². The second kappa shape index (κ2) is 11.2. The van der Waals surface area contributed by atoms with Gasteiger partial charge in [0.2, 0.25) is 0 Å². The highest BCUT2D eigenvalue weighted by Gasteiger charge is 2.41. The molecule has 4 heteroatoms. The number of hydrogen-bond acceptors (Lipinski definition) is 4. The Labute approximate surface area is 319 Å². The molecule has 254 valence electrons. The van der Waals surface area contributed by atoms with Crippen molar-refractivity contribution in [3.63, 3.8) is 0 Å². The van der Waals surface area contributed by atoms with Crippen molar-refractivity contribution in [3.8, 4) is 11.1 Å². The summed E-state index contributed by atoms with van der Waals surface area (Å²) in [6.45, 7) is 2.39. The first-order chi connectivity index (χ1) is 26.6. The summed E-state index contributed by atoms with van der Waals surface area (Å²) in [7, 11) is 0. The molecule has 0 fully saturated rings. The van der Waals surface area contributed by atoms with E-state index in [0.29, 0.717) is 0 Å². The van der Waals surface area contributed by atoms with Gasteiger partial charge in [0.15, 0.2) is 0 Å². The van der Waals surface area contributed by atoms with E-state index < -0.39 is 5.41 Å². The van der Waals surface area contributed by atoms with Gasteiger partial charge in [-0.2, -0.15) is 0 Å². The van der Waals surface area contributed by atoms with Crippen molar-refractivity contribution in [1.82, 2.24) is 0 Å². The lowest BCUT2D eigenvalue weighted by Crippen LogP contribution is -2.23. The fourth-order valence-electron chi connectivity index (χ4n) is 9.20. The van der Waals surface area contributed by atoms with Crippen LogP contribution in [0.4, 0.5) is 17.1 Å². The molecule has 0 amide bonds. The van der Waals surface area contributed by atoms with Gasteiger partial charge < -0.3 is 9.32 Å². The molecule has 1 aliphatic carbocycles. The standard InChI is InChI=1S/C50H31NOS2/c1-50(40-17-7-2-12-33(40)34-13-3-8-18-41(34)50)30-26-42(49-39-16-4-9-19-43(39)52-44(49)27-30)51(31-22-24-37-35-14-5-10-20-45(35)53-47(37)28-31)32-23-25-38-36-15-6-11-21-46(36)54-48(38)29-32/h2-29H,1H3. The van der Waals surface area contributed by atoms with Gasteiger partial charge >= 0.3 is 0 Å². The Kier molecular flexibility index (Phi) is 6.26. The molecule has 2 nitrogen and oxygen atoms in total. The third kappa shape index (κ3) is 4.15. The van der Waals surface area contributed by atoms with Crippen molar-refractivity contribution in [2.45, 2.75) is 12.3 Å². The summed E-state index contributed by atoms with van der Waals surface area (Å²) in [6, 6.07) is 62.6. The number of nitrogens with zero attached hydrogens (tertiary/aromatic N) is 1. The predicted molar refractivity (Wildman–Crippen MR) is 232 cm³/mol. The van der Waals surface area contributed by atoms with Gasteiger partial charge in [-0.05, 0) is 89.3 Å². The van der Waals surface area contributed by atoms with Gasteiger partial charge in [-0.15, -0.1) is 22.7 Å². The van der Waals surface area contributed by atoms with Gasteiger partial charge in [0, 0.05) is 62.5 Å². The number of para-hydroxylation sites is 1. The molecule has 0 saturated carbocycles. The molecular weight excluding hydrogens is 695 g/mol. The average molecular weight is 726 g/mol. The summed E-state index contributed by atoms with van der Waals surface area (Å²) in [6.07, 6.45) is 0. The maximum Gasteiger partial charge on any atom is 0.137 e. The zero-order chi connectivity index (χ0) is 35.5. The fourth-order valence-corrected chi connectivity index (χ4v) is 11.5. The number of thiophene rings is 2. The van der Waals surface area contributed by atoms with Gasteiger partial charge in [-0.3, -0.25) is 0 Å². The number of rotatable bonds is 4. The van der Waals surface area contributed by atoms with Crippen molar-refractivity contribution in [2.75, 3.05) is 4.90 Å². The normalized spacial score (nSPS) is 13.4. The molecule has 1 aliphatic rings. The van der Waals surface area contributed by atoms with Gasteiger partial charge in [0.1, 0.15) is 11.2 Å². The van der Waals surface area contributed by atoms with Crippen LogP contribution in [0.25, 0.3) is 73.4 Å². The predicted octanol–water partition coefficient (Wildman–Crippen LogP) is 15.1. The lowest BCUT2D eigenvalue weighted by atomic mass is 9.74. The summed E-state index contributed by atoms with van der Waals surface area (Å²) >= 11 is 3.72. The largest absolute Gasteiger partial charge is 0.456 e. The Hall–Kier alpha value is -6.20. The van der Waals surface area contributed by atoms with E-state index in [4.69, 9.17) is 4.42 Å². The van der Waals surface area contributed by atoms with Crippen molar-refractivity contribution < 1.29 is 4.42 Å². The molecule has 0 bridgehead atoms. The maximum atomic E-state index is 6.83. The van der Waals surface area contributed by atoms with E-state index in [-0.39, 0.29) is 0 Å². The van der Waals surface area contributed by atoms with Crippen LogP contribution >= 0.6 is 22.7 Å². The minimum Gasteiger partial charge on any atom is -0.456 e. The number of furan rings is 1. The van der Waals surface area contributed by atoms with E-state index in [9.17, 15) is 0 Å². The number of benzene rings is 8. The second-order valence-corrected chi connectivity index (χ2v) is 16.7. The Bertz CT molecular complexity index is 3170. The summed E-state index contributed by atoms with van der Waals surface area (Å²) in [5.74, 6) is 0. The molecule has 0 radical (unpaired) electrons. The van der Waals surface area contributed by atoms with Crippen LogP contribution in [0.15, 0.2) is 174 Å². The third-order valence-corrected chi connectivity index (χ3v) is 14.0. The number of hydrogen-bond donors (Lipinski definition) is 0. The first-order valence-electron chi connectivity index (χ1n) is 18.4. The third-order valence-electron chi connectivity index (χ3n) is 11.7. The fraction of sp³-hybridized carbons (Fsp3) is 0.0400. The molecule has 0 atom stereocenters. The molecular formula is C50H31NOS2. The van der Waals surface area contributed by atoms with Crippen molar-refractivity contribution in [3.05, 3.63) is 187 Å². The molecule has 11 aromatic rings. The SMILES string of the molecule is CC1(c2cc(N(c3ccc4c(c3)sc3ccccc34)c3ccc4c(c3)sc3ccccc34)c3c(c2)oc2ccccc23)c2ccccc2-c2ccccc21. The Morgan fingerprint density at radius 3 is 1.56 bits per heavy atom. The summed E-state index contributed by atoms with van der Waals surface area (Å²) < 4.78 is 12.0. The Balaban J connectivity index is 1.19. The monoisotopic (exact) mass is 725 g/mol. The topological polar surface area (TPSA) is 16.4 Å². The van der Waals surface area contributed by atoms with Crippen LogP contribution < -0.4 is 4.90 Å². The molecule has 8 aromatic carbocycles. The lowest BCUT2D eigenvalue weighted by molar-refractivity contribution is 0.662. The molecule has 54 heavy (non-hydrogen) atoms. The van der Waals surface area contributed by atoms with Crippen LogP contribution in [0.5, 0.6) is 0 Å². The highest BCUT2D eigenvalue weighted by Crippen LogP contribution is 2.55. The smallest absolute Gasteiger partial charge is 0.137 e. The van der Waals surface area contributed by atoms with Crippen LogP contribution in [-0.2, 0) is 5.41 Å². The first kappa shape index (κ1) is 30.3. The quantitative estimate of drug-likeness (QED) is 0.180. The van der Waals surface area contributed by atoms with Crippen molar-refractivity contribution in [1.29, 1.82) is 0 Å². The Morgan fingerprint density at radius 2 is 0.944 bits per heavy atom. The molecule has 12 rings (SSSR count). The average Bonchev–Trinajstić information content (AvgIpc) is 3.96. The number of fused-ring (bicyclic) bond motifs is 12. The van der Waals surface area contributed by atoms with Crippen LogP contribution in [-0.4, -0.2) is 0 Å². The van der Waals surface area contributed by atoms with Crippen LogP contribution in [0.1, 0.15) is 23.6 Å². The van der Waals surface area contributed by atoms with E-state index in [1.54, 1.807) is 0 Å². The summed E-state index contributed by atoms with van der Waals surface area (Å²) in [5, 5.41) is 7.42. The lowest BCUT2D eigenvalue weighted by Gasteiger charge is -2.31. The summed E-state index contributed by atoms with van der Waals surface area (Å²) in [4.78, 5) is 2.48. The minimum atomic E-state index is -0.397. The van der Waals surface area contributed by atoms with Gasteiger partial charge in [-0.25, -0.2) is 0 Å². The second-order valence-electron chi connectivity index (χ2n) is 14.6. The van der Waals surface area contributed by atoms with Crippen LogP contribution in [0.2, 0.25) is 0 Å². The molecule has 3 heterocycles. The summed E-state index contributed by atoms with van der Waals surface area (Å²) in [5.41, 5.74) is 11.2. The first-order valence-corrected chi connectivity index (χ1v) is 20.0. The molecule has 0 N–H and O–H groups in total. The van der Waals surface area contributed by atoms with Crippen molar-refractivity contribution >= 4 is 102 Å². The zero-order valence-electron chi connectivity index (χ0n) is 29.3. The highest BCUT2D eigenvalue weighted by molar-refractivity contribution is 7.26. The molecule has 0 aliphatic heterocycles. The molecule has 0 saturated heterocycles. The molecule has 0 unspecified atom stereocenters. The van der Waals surface area contributed by atoms with Gasteiger partial charge in [0.25, 0.3) is 0 Å². The number of anilines is 3. The molecule has 0 spiro atoms. The van der Waals surface area contributed by atoms with E-state index >= 15 is 0 Å². The van der Waals surface area contributed by atoms with Crippen molar-refractivity contribution in [2.24, 2.45) is 0 Å². The Morgan fingerprint density at radius 1 is 0.444 bits per heavy atom. The maximum absolute atomic E-state index is 6.83. The molecule has 3 aromatic heterocycles. The van der Waals surface area contributed by atoms with E-state index in [2.05, 4.69) is 182 Å². The highest BCUT2D eigenvalue weighted by atomic mass is 32.1. The van der Waals surface area contributed by atoms with E-state index in [1.165, 1.54) is 68.2 Å². The van der Waals surface area contributed by atoms with Crippen LogP contribution in [0, 0.1) is 0 Å².